The molecule has 2 aromatic rings. The molecule has 0 aromatic heterocycles. The minimum absolute atomic E-state index is 0.129. The molecule has 0 amide bonds. The maximum atomic E-state index is 13.0. The molecule has 0 heterocycles. The van der Waals surface area contributed by atoms with Crippen molar-refractivity contribution < 1.29 is 9.13 Å². The Morgan fingerprint density at radius 2 is 1.75 bits per heavy atom. The molecule has 0 bridgehead atoms. The molecule has 4 nitrogen and oxygen atoms in total. The predicted molar refractivity (Wildman–Crippen MR) is 95.5 cm³/mol. The lowest BCUT2D eigenvalue weighted by atomic mass is 10.1. The van der Waals surface area contributed by atoms with Gasteiger partial charge in [0.15, 0.2) is 5.96 Å². The van der Waals surface area contributed by atoms with Crippen LogP contribution in [0.15, 0.2) is 59.6 Å². The van der Waals surface area contributed by atoms with E-state index in [1.807, 2.05) is 18.2 Å². The van der Waals surface area contributed by atoms with Gasteiger partial charge in [-0.15, -0.1) is 0 Å². The Labute approximate surface area is 142 Å². The van der Waals surface area contributed by atoms with Gasteiger partial charge in [-0.25, -0.2) is 4.39 Å². The Morgan fingerprint density at radius 1 is 1.08 bits per heavy atom. The SMILES string of the molecule is CN=C(NCC(OC)c1ccc(F)cc1)NC(C)c1ccccc1. The Hall–Kier alpha value is -2.40. The average molecular weight is 329 g/mol. The Balaban J connectivity index is 1.93. The van der Waals surface area contributed by atoms with Crippen molar-refractivity contribution >= 4 is 5.96 Å². The molecule has 0 aliphatic carbocycles. The van der Waals surface area contributed by atoms with Gasteiger partial charge in [-0.2, -0.15) is 0 Å². The molecule has 0 aliphatic rings. The molecule has 24 heavy (non-hydrogen) atoms. The number of aliphatic imine (C=N–C) groups is 1. The van der Waals surface area contributed by atoms with Crippen molar-refractivity contribution in [3.8, 4) is 0 Å². The highest BCUT2D eigenvalue weighted by Crippen LogP contribution is 2.16. The van der Waals surface area contributed by atoms with Crippen LogP contribution in [-0.2, 0) is 4.74 Å². The lowest BCUT2D eigenvalue weighted by Crippen LogP contribution is -2.40. The van der Waals surface area contributed by atoms with Gasteiger partial charge in [0.25, 0.3) is 0 Å². The fraction of sp³-hybridized carbons (Fsp3) is 0.316. The van der Waals surface area contributed by atoms with E-state index in [0.717, 1.165) is 5.56 Å². The number of benzene rings is 2. The quantitative estimate of drug-likeness (QED) is 0.630. The van der Waals surface area contributed by atoms with Crippen LogP contribution in [0.5, 0.6) is 0 Å². The first-order chi connectivity index (χ1) is 11.6. The van der Waals surface area contributed by atoms with E-state index in [0.29, 0.717) is 12.5 Å². The Morgan fingerprint density at radius 3 is 2.33 bits per heavy atom. The molecule has 2 atom stereocenters. The van der Waals surface area contributed by atoms with E-state index in [2.05, 4.69) is 34.7 Å². The number of nitrogens with one attached hydrogen (secondary N) is 2. The standard InChI is InChI=1S/C19H24FN3O/c1-14(15-7-5-4-6-8-15)23-19(21-2)22-13-18(24-3)16-9-11-17(20)12-10-16/h4-12,14,18H,13H2,1-3H3,(H2,21,22,23). The minimum Gasteiger partial charge on any atom is -0.375 e. The number of nitrogens with zero attached hydrogens (tertiary/aromatic N) is 1. The van der Waals surface area contributed by atoms with Gasteiger partial charge in [0.1, 0.15) is 5.82 Å². The Kier molecular flexibility index (Phi) is 6.75. The van der Waals surface area contributed by atoms with E-state index in [-0.39, 0.29) is 18.0 Å². The highest BCUT2D eigenvalue weighted by Gasteiger charge is 2.13. The van der Waals surface area contributed by atoms with Gasteiger partial charge in [0.2, 0.25) is 0 Å². The summed E-state index contributed by atoms with van der Waals surface area (Å²) in [6, 6.07) is 16.6. The van der Waals surface area contributed by atoms with Gasteiger partial charge < -0.3 is 15.4 Å². The summed E-state index contributed by atoms with van der Waals surface area (Å²) in [7, 11) is 3.37. The molecule has 2 aromatic carbocycles. The number of methoxy groups -OCH3 is 1. The number of hydrogen-bond acceptors (Lipinski definition) is 2. The summed E-state index contributed by atoms with van der Waals surface area (Å²) in [5.41, 5.74) is 2.10. The molecule has 0 spiro atoms. The lowest BCUT2D eigenvalue weighted by molar-refractivity contribution is 0.106. The summed E-state index contributed by atoms with van der Waals surface area (Å²) >= 11 is 0. The van der Waals surface area contributed by atoms with Crippen molar-refractivity contribution in [1.82, 2.24) is 10.6 Å². The first-order valence-electron chi connectivity index (χ1n) is 7.94. The number of halogens is 1. The highest BCUT2D eigenvalue weighted by atomic mass is 19.1. The van der Waals surface area contributed by atoms with Crippen molar-refractivity contribution in [2.75, 3.05) is 20.7 Å². The summed E-state index contributed by atoms with van der Waals surface area (Å²) in [5.74, 6) is 0.436. The van der Waals surface area contributed by atoms with Gasteiger partial charge in [-0.3, -0.25) is 4.99 Å². The van der Waals surface area contributed by atoms with Crippen molar-refractivity contribution in [2.24, 2.45) is 4.99 Å². The number of hydrogen-bond donors (Lipinski definition) is 2. The topological polar surface area (TPSA) is 45.7 Å². The molecular formula is C19H24FN3O. The summed E-state index contributed by atoms with van der Waals surface area (Å²) in [6.45, 7) is 2.61. The average Bonchev–Trinajstić information content (AvgIpc) is 2.63. The van der Waals surface area contributed by atoms with Crippen LogP contribution in [0.3, 0.4) is 0 Å². The van der Waals surface area contributed by atoms with Crippen LogP contribution in [-0.4, -0.2) is 26.7 Å². The van der Waals surface area contributed by atoms with E-state index in [9.17, 15) is 4.39 Å². The van der Waals surface area contributed by atoms with Crippen LogP contribution in [0.1, 0.15) is 30.2 Å². The summed E-state index contributed by atoms with van der Waals surface area (Å²) in [4.78, 5) is 4.25. The molecule has 5 heteroatoms. The third-order valence-corrected chi connectivity index (χ3v) is 3.86. The van der Waals surface area contributed by atoms with E-state index in [1.54, 1.807) is 26.3 Å². The normalized spacial score (nSPS) is 14.1. The molecular weight excluding hydrogens is 305 g/mol. The van der Waals surface area contributed by atoms with E-state index in [4.69, 9.17) is 4.74 Å². The van der Waals surface area contributed by atoms with Crippen LogP contribution in [0.4, 0.5) is 4.39 Å². The van der Waals surface area contributed by atoms with E-state index in [1.165, 1.54) is 17.7 Å². The summed E-state index contributed by atoms with van der Waals surface area (Å²) in [5, 5.41) is 6.60. The highest BCUT2D eigenvalue weighted by molar-refractivity contribution is 5.80. The maximum Gasteiger partial charge on any atom is 0.191 e. The second-order valence-electron chi connectivity index (χ2n) is 5.51. The van der Waals surface area contributed by atoms with Crippen LogP contribution >= 0.6 is 0 Å². The molecule has 2 unspecified atom stereocenters. The number of guanidine groups is 1. The molecule has 2 rings (SSSR count). The fourth-order valence-corrected chi connectivity index (χ4v) is 2.43. The second-order valence-corrected chi connectivity index (χ2v) is 5.51. The van der Waals surface area contributed by atoms with Gasteiger partial charge in [-0.05, 0) is 30.2 Å². The molecule has 0 radical (unpaired) electrons. The fourth-order valence-electron chi connectivity index (χ4n) is 2.43. The monoisotopic (exact) mass is 329 g/mol. The minimum atomic E-state index is -0.254. The van der Waals surface area contributed by atoms with Crippen molar-refractivity contribution in [3.05, 3.63) is 71.5 Å². The van der Waals surface area contributed by atoms with Crippen molar-refractivity contribution in [1.29, 1.82) is 0 Å². The third kappa shape index (κ3) is 5.06. The van der Waals surface area contributed by atoms with Gasteiger partial charge in [0.05, 0.1) is 12.1 Å². The zero-order chi connectivity index (χ0) is 17.4. The predicted octanol–water partition coefficient (Wildman–Crippen LogP) is 3.44. The van der Waals surface area contributed by atoms with Crippen molar-refractivity contribution in [3.63, 3.8) is 0 Å². The summed E-state index contributed by atoms with van der Waals surface area (Å²) < 4.78 is 18.5. The van der Waals surface area contributed by atoms with E-state index < -0.39 is 0 Å². The van der Waals surface area contributed by atoms with Gasteiger partial charge in [-0.1, -0.05) is 42.5 Å². The number of rotatable bonds is 6. The number of ether oxygens (including phenoxy) is 1. The maximum absolute atomic E-state index is 13.0. The molecule has 0 aliphatic heterocycles. The van der Waals surface area contributed by atoms with Crippen molar-refractivity contribution in [2.45, 2.75) is 19.1 Å². The zero-order valence-electron chi connectivity index (χ0n) is 14.3. The van der Waals surface area contributed by atoms with E-state index >= 15 is 0 Å². The van der Waals surface area contributed by atoms with Crippen LogP contribution in [0, 0.1) is 5.82 Å². The first-order valence-corrected chi connectivity index (χ1v) is 7.94. The van der Waals surface area contributed by atoms with Crippen LogP contribution in [0.25, 0.3) is 0 Å². The molecule has 128 valence electrons. The largest absolute Gasteiger partial charge is 0.375 e. The molecule has 0 saturated carbocycles. The Bertz CT molecular complexity index is 643. The second kappa shape index (κ2) is 9.03. The van der Waals surface area contributed by atoms with Crippen LogP contribution in [0.2, 0.25) is 0 Å². The summed E-state index contributed by atoms with van der Waals surface area (Å²) in [6.07, 6.45) is -0.184. The molecule has 0 fully saturated rings. The van der Waals surface area contributed by atoms with Gasteiger partial charge in [0, 0.05) is 20.7 Å². The molecule has 2 N–H and O–H groups in total. The van der Waals surface area contributed by atoms with Gasteiger partial charge >= 0.3 is 0 Å². The smallest absolute Gasteiger partial charge is 0.191 e. The lowest BCUT2D eigenvalue weighted by Gasteiger charge is -2.21. The van der Waals surface area contributed by atoms with Crippen LogP contribution < -0.4 is 10.6 Å². The first kappa shape index (κ1) is 17.9. The molecule has 0 saturated heterocycles. The third-order valence-electron chi connectivity index (χ3n) is 3.86. The zero-order valence-corrected chi connectivity index (χ0v) is 14.3.